The van der Waals surface area contributed by atoms with Crippen LogP contribution in [0.25, 0.3) is 22.4 Å². The molecule has 0 radical (unpaired) electrons. The highest BCUT2D eigenvalue weighted by Crippen LogP contribution is 2.31. The Kier molecular flexibility index (Phi) is 5.45. The standard InChI is InChI=1S/C17H15ClN8O2S/c1-9-24-13(14-17(25-9)22-8-21-14)12-3-2-4-19-16(12)26-11-5-10(6-23-29(27)28)15(18)20-7-11/h2-5,7-8,23H,6H2,1H3,(H,19,26)(H,27,28)(H,21,22,24,25). The van der Waals surface area contributed by atoms with Gasteiger partial charge in [0.2, 0.25) is 11.3 Å². The summed E-state index contributed by atoms with van der Waals surface area (Å²) >= 11 is 3.92. The summed E-state index contributed by atoms with van der Waals surface area (Å²) in [5.74, 6) is 1.14. The second-order valence-corrected chi connectivity index (χ2v) is 7.13. The Morgan fingerprint density at radius 1 is 1.28 bits per heavy atom. The van der Waals surface area contributed by atoms with Gasteiger partial charge >= 0.3 is 0 Å². The average Bonchev–Trinajstić information content (AvgIpc) is 3.16. The predicted molar refractivity (Wildman–Crippen MR) is 110 cm³/mol. The zero-order chi connectivity index (χ0) is 20.4. The smallest absolute Gasteiger partial charge is 0.232 e. The summed E-state index contributed by atoms with van der Waals surface area (Å²) in [7, 11) is 0. The van der Waals surface area contributed by atoms with Gasteiger partial charge < -0.3 is 10.3 Å². The number of halogens is 1. The minimum Gasteiger partial charge on any atom is -0.341 e. The van der Waals surface area contributed by atoms with Crippen LogP contribution in [0.3, 0.4) is 0 Å². The minimum atomic E-state index is -2.15. The molecule has 4 aromatic rings. The fourth-order valence-electron chi connectivity index (χ4n) is 2.80. The molecule has 4 heterocycles. The molecule has 0 aliphatic carbocycles. The molecule has 1 atom stereocenters. The lowest BCUT2D eigenvalue weighted by molar-refractivity contribution is 0.548. The molecule has 4 N–H and O–H groups in total. The van der Waals surface area contributed by atoms with Gasteiger partial charge in [-0.05, 0) is 25.1 Å². The highest BCUT2D eigenvalue weighted by Gasteiger charge is 2.15. The van der Waals surface area contributed by atoms with Crippen molar-refractivity contribution in [3.8, 4) is 11.3 Å². The van der Waals surface area contributed by atoms with Crippen LogP contribution in [-0.4, -0.2) is 38.7 Å². The van der Waals surface area contributed by atoms with Crippen molar-refractivity contribution in [3.63, 3.8) is 0 Å². The lowest BCUT2D eigenvalue weighted by Gasteiger charge is -2.12. The molecule has 29 heavy (non-hydrogen) atoms. The Bertz CT molecular complexity index is 1220. The van der Waals surface area contributed by atoms with E-state index in [0.717, 1.165) is 5.56 Å². The van der Waals surface area contributed by atoms with Crippen LogP contribution in [0.2, 0.25) is 5.15 Å². The van der Waals surface area contributed by atoms with Gasteiger partial charge in [0.05, 0.1) is 18.2 Å². The molecular weight excluding hydrogens is 416 g/mol. The molecule has 0 bridgehead atoms. The van der Waals surface area contributed by atoms with Crippen molar-refractivity contribution in [1.29, 1.82) is 0 Å². The quantitative estimate of drug-likeness (QED) is 0.270. The number of nitrogens with zero attached hydrogens (tertiary/aromatic N) is 5. The molecule has 0 aliphatic heterocycles. The molecule has 10 nitrogen and oxygen atoms in total. The molecule has 0 aromatic carbocycles. The van der Waals surface area contributed by atoms with Gasteiger partial charge in [-0.25, -0.2) is 33.9 Å². The molecular formula is C17H15ClN8O2S. The average molecular weight is 431 g/mol. The zero-order valence-corrected chi connectivity index (χ0v) is 16.6. The van der Waals surface area contributed by atoms with Gasteiger partial charge in [-0.3, -0.25) is 4.55 Å². The van der Waals surface area contributed by atoms with Crippen LogP contribution < -0.4 is 10.0 Å². The van der Waals surface area contributed by atoms with E-state index >= 15 is 0 Å². The predicted octanol–water partition coefficient (Wildman–Crippen LogP) is 2.74. The van der Waals surface area contributed by atoms with Gasteiger partial charge in [-0.2, -0.15) is 0 Å². The number of hydrogen-bond acceptors (Lipinski definition) is 7. The number of aryl methyl sites for hydroxylation is 1. The summed E-state index contributed by atoms with van der Waals surface area (Å²) in [5.41, 5.74) is 3.86. The molecule has 0 fully saturated rings. The van der Waals surface area contributed by atoms with Crippen molar-refractivity contribution < 1.29 is 8.76 Å². The summed E-state index contributed by atoms with van der Waals surface area (Å²) in [6.07, 6.45) is 4.78. The summed E-state index contributed by atoms with van der Waals surface area (Å²) in [5, 5.41) is 3.45. The van der Waals surface area contributed by atoms with E-state index in [1.807, 2.05) is 12.1 Å². The van der Waals surface area contributed by atoms with Crippen molar-refractivity contribution in [2.45, 2.75) is 13.5 Å². The van der Waals surface area contributed by atoms with Gasteiger partial charge in [0.15, 0.2) is 5.65 Å². The third-order valence-electron chi connectivity index (χ3n) is 4.02. The number of imidazole rings is 1. The number of H-pyrrole nitrogens is 1. The number of fused-ring (bicyclic) bond motifs is 1. The van der Waals surface area contributed by atoms with Crippen molar-refractivity contribution in [3.05, 3.63) is 53.5 Å². The normalized spacial score (nSPS) is 12.2. The lowest BCUT2D eigenvalue weighted by Crippen LogP contribution is -2.16. The first-order chi connectivity index (χ1) is 14.0. The Morgan fingerprint density at radius 3 is 2.97 bits per heavy atom. The van der Waals surface area contributed by atoms with E-state index in [9.17, 15) is 4.21 Å². The van der Waals surface area contributed by atoms with Crippen molar-refractivity contribution in [2.75, 3.05) is 5.32 Å². The van der Waals surface area contributed by atoms with Gasteiger partial charge in [0, 0.05) is 23.9 Å². The molecule has 1 unspecified atom stereocenters. The van der Waals surface area contributed by atoms with Crippen LogP contribution in [0.4, 0.5) is 11.5 Å². The van der Waals surface area contributed by atoms with Crippen LogP contribution in [0, 0.1) is 6.92 Å². The Balaban J connectivity index is 1.72. The third-order valence-corrected chi connectivity index (χ3v) is 4.75. The van der Waals surface area contributed by atoms with Crippen LogP contribution >= 0.6 is 11.6 Å². The van der Waals surface area contributed by atoms with Crippen LogP contribution in [0.5, 0.6) is 0 Å². The molecule has 0 saturated heterocycles. The number of anilines is 2. The molecule has 0 saturated carbocycles. The second kappa shape index (κ2) is 8.17. The fourth-order valence-corrected chi connectivity index (χ4v) is 3.24. The second-order valence-electron chi connectivity index (χ2n) is 5.99. The SMILES string of the molecule is Cc1nc(-c2cccnc2Nc2cnc(Cl)c(CNS(=O)O)c2)c2[nH]cnc2n1. The maximum absolute atomic E-state index is 10.9. The van der Waals surface area contributed by atoms with Gasteiger partial charge in [-0.15, -0.1) is 0 Å². The van der Waals surface area contributed by atoms with Crippen LogP contribution in [-0.2, 0) is 17.8 Å². The largest absolute Gasteiger partial charge is 0.341 e. The molecule has 4 aromatic heterocycles. The van der Waals surface area contributed by atoms with Crippen molar-refractivity contribution in [2.24, 2.45) is 0 Å². The van der Waals surface area contributed by atoms with Crippen molar-refractivity contribution >= 4 is 45.5 Å². The first-order valence-electron chi connectivity index (χ1n) is 8.40. The number of aromatic nitrogens is 6. The third kappa shape index (κ3) is 4.22. The number of aromatic amines is 1. The summed E-state index contributed by atoms with van der Waals surface area (Å²) < 4.78 is 22.2. The molecule has 0 amide bonds. The monoisotopic (exact) mass is 430 g/mol. The zero-order valence-electron chi connectivity index (χ0n) is 15.0. The number of nitrogens with one attached hydrogen (secondary N) is 3. The Labute approximate surface area is 172 Å². The summed E-state index contributed by atoms with van der Waals surface area (Å²) in [6, 6.07) is 5.43. The Hall–Kier alpha value is -2.99. The molecule has 0 aliphatic rings. The highest BCUT2D eigenvalue weighted by molar-refractivity contribution is 7.77. The topological polar surface area (TPSA) is 142 Å². The molecule has 12 heteroatoms. The highest BCUT2D eigenvalue weighted by atomic mass is 35.5. The maximum atomic E-state index is 10.9. The lowest BCUT2D eigenvalue weighted by atomic mass is 10.1. The summed E-state index contributed by atoms with van der Waals surface area (Å²) in [6.45, 7) is 1.88. The van der Waals surface area contributed by atoms with Gasteiger partial charge in [-0.1, -0.05) is 11.6 Å². The molecule has 148 valence electrons. The maximum Gasteiger partial charge on any atom is 0.232 e. The number of hydrogen-bond donors (Lipinski definition) is 4. The van der Waals surface area contributed by atoms with Gasteiger partial charge in [0.25, 0.3) is 0 Å². The molecule has 0 spiro atoms. The van der Waals surface area contributed by atoms with Crippen LogP contribution in [0.1, 0.15) is 11.4 Å². The first kappa shape index (κ1) is 19.3. The van der Waals surface area contributed by atoms with Crippen molar-refractivity contribution in [1.82, 2.24) is 34.6 Å². The van der Waals surface area contributed by atoms with Gasteiger partial charge in [0.1, 0.15) is 28.0 Å². The van der Waals surface area contributed by atoms with E-state index in [1.165, 1.54) is 0 Å². The van der Waals surface area contributed by atoms with E-state index in [0.29, 0.717) is 39.8 Å². The summed E-state index contributed by atoms with van der Waals surface area (Å²) in [4.78, 5) is 24.7. The Morgan fingerprint density at radius 2 is 2.14 bits per heavy atom. The van der Waals surface area contributed by atoms with E-state index < -0.39 is 11.3 Å². The molecule has 4 rings (SSSR count). The first-order valence-corrected chi connectivity index (χ1v) is 9.88. The number of rotatable bonds is 6. The van der Waals surface area contributed by atoms with E-state index in [-0.39, 0.29) is 11.7 Å². The van der Waals surface area contributed by atoms with Crippen LogP contribution in [0.15, 0.2) is 36.9 Å². The van der Waals surface area contributed by atoms with E-state index in [1.54, 1.807) is 31.7 Å². The fraction of sp³-hybridized carbons (Fsp3) is 0.118. The van der Waals surface area contributed by atoms with E-state index in [2.05, 4.69) is 39.9 Å². The van der Waals surface area contributed by atoms with E-state index in [4.69, 9.17) is 16.2 Å². The minimum absolute atomic E-state index is 0.0827. The number of pyridine rings is 2.